The first kappa shape index (κ1) is 14.2. The van der Waals surface area contributed by atoms with E-state index in [0.717, 1.165) is 10.0 Å². The highest BCUT2D eigenvalue weighted by Crippen LogP contribution is 2.33. The number of aromatic amines is 2. The van der Waals surface area contributed by atoms with Gasteiger partial charge in [-0.15, -0.1) is 0 Å². The van der Waals surface area contributed by atoms with Crippen LogP contribution in [-0.2, 0) is 12.1 Å². The average Bonchev–Trinajstić information content (AvgIpc) is 2.35. The molecule has 0 spiro atoms. The summed E-state index contributed by atoms with van der Waals surface area (Å²) in [4.78, 5) is 29.1. The van der Waals surface area contributed by atoms with E-state index >= 15 is 0 Å². The van der Waals surface area contributed by atoms with Gasteiger partial charge < -0.3 is 10.1 Å². The third kappa shape index (κ3) is 2.99. The molecule has 6 nitrogen and oxygen atoms in total. The quantitative estimate of drug-likeness (QED) is 0.752. The number of hydrogen-bond donors (Lipinski definition) is 3. The van der Waals surface area contributed by atoms with Gasteiger partial charge in [0.1, 0.15) is 5.60 Å². The molecule has 0 amide bonds. The van der Waals surface area contributed by atoms with Crippen molar-refractivity contribution in [2.24, 2.45) is 0 Å². The van der Waals surface area contributed by atoms with E-state index in [0.29, 0.717) is 25.3 Å². The molecule has 7 heteroatoms. The van der Waals surface area contributed by atoms with Crippen molar-refractivity contribution < 1.29 is 5.11 Å². The van der Waals surface area contributed by atoms with Crippen molar-refractivity contribution >= 4 is 15.9 Å². The maximum absolute atomic E-state index is 11.2. The van der Waals surface area contributed by atoms with Gasteiger partial charge in [0.2, 0.25) is 0 Å². The van der Waals surface area contributed by atoms with E-state index in [2.05, 4.69) is 25.9 Å². The Kier molecular flexibility index (Phi) is 3.56. The molecule has 1 saturated heterocycles. The molecule has 1 aliphatic heterocycles. The molecule has 1 fully saturated rings. The Bertz CT molecular complexity index is 749. The molecule has 0 atom stereocenters. The lowest BCUT2D eigenvalue weighted by molar-refractivity contribution is -0.108. The molecular formula is C14H14BrN3O3. The zero-order valence-corrected chi connectivity index (χ0v) is 12.7. The monoisotopic (exact) mass is 351 g/mol. The first-order chi connectivity index (χ1) is 9.94. The Morgan fingerprint density at radius 2 is 2.00 bits per heavy atom. The molecule has 3 rings (SSSR count). The molecule has 1 aromatic heterocycles. The fourth-order valence-corrected chi connectivity index (χ4v) is 3.01. The van der Waals surface area contributed by atoms with Crippen LogP contribution in [-0.4, -0.2) is 33.1 Å². The SMILES string of the molecule is O=c1cc(CN2CC(O)(c3cccc(Br)c3)C2)[nH]c(=O)[nH]1. The van der Waals surface area contributed by atoms with E-state index in [1.165, 1.54) is 6.07 Å². The number of halogens is 1. The highest BCUT2D eigenvalue weighted by Gasteiger charge is 2.42. The summed E-state index contributed by atoms with van der Waals surface area (Å²) < 4.78 is 0.922. The van der Waals surface area contributed by atoms with Gasteiger partial charge in [0.25, 0.3) is 5.56 Å². The lowest BCUT2D eigenvalue weighted by atomic mass is 9.86. The maximum atomic E-state index is 11.2. The summed E-state index contributed by atoms with van der Waals surface area (Å²) >= 11 is 3.39. The zero-order chi connectivity index (χ0) is 15.0. The second-order valence-electron chi connectivity index (χ2n) is 5.30. The summed E-state index contributed by atoms with van der Waals surface area (Å²) in [5.41, 5.74) is -0.421. The minimum absolute atomic E-state index is 0.420. The summed E-state index contributed by atoms with van der Waals surface area (Å²) in [6.45, 7) is 1.34. The molecule has 0 saturated carbocycles. The van der Waals surface area contributed by atoms with E-state index < -0.39 is 16.9 Å². The summed E-state index contributed by atoms with van der Waals surface area (Å²) in [6, 6.07) is 8.93. The van der Waals surface area contributed by atoms with Crippen molar-refractivity contribution in [3.63, 3.8) is 0 Å². The largest absolute Gasteiger partial charge is 0.382 e. The Labute approximate surface area is 128 Å². The van der Waals surface area contributed by atoms with Gasteiger partial charge in [-0.05, 0) is 17.7 Å². The number of rotatable bonds is 3. The number of nitrogens with zero attached hydrogens (tertiary/aromatic N) is 1. The molecule has 0 aliphatic carbocycles. The van der Waals surface area contributed by atoms with Crippen LogP contribution in [0.15, 0.2) is 44.4 Å². The van der Waals surface area contributed by atoms with E-state index in [-0.39, 0.29) is 0 Å². The van der Waals surface area contributed by atoms with E-state index in [1.54, 1.807) is 0 Å². The minimum atomic E-state index is -0.884. The summed E-state index contributed by atoms with van der Waals surface area (Å²) in [6.07, 6.45) is 0. The third-order valence-corrected chi connectivity index (χ3v) is 4.04. The van der Waals surface area contributed by atoms with Gasteiger partial charge in [0, 0.05) is 35.9 Å². The van der Waals surface area contributed by atoms with Crippen LogP contribution in [0.4, 0.5) is 0 Å². The molecule has 1 aliphatic rings. The molecule has 2 aromatic rings. The van der Waals surface area contributed by atoms with Crippen molar-refractivity contribution in [2.75, 3.05) is 13.1 Å². The average molecular weight is 352 g/mol. The fraction of sp³-hybridized carbons (Fsp3) is 0.286. The Balaban J connectivity index is 1.70. The first-order valence-electron chi connectivity index (χ1n) is 6.48. The number of benzene rings is 1. The van der Waals surface area contributed by atoms with Crippen molar-refractivity contribution in [2.45, 2.75) is 12.1 Å². The second-order valence-corrected chi connectivity index (χ2v) is 6.22. The third-order valence-electron chi connectivity index (χ3n) is 3.54. The number of aromatic nitrogens is 2. The predicted octanol–water partition coefficient (Wildman–Crippen LogP) is 0.529. The van der Waals surface area contributed by atoms with E-state index in [4.69, 9.17) is 0 Å². The number of β-amino-alcohol motifs (C(OH)–C–C–N with tert-alkyl or cyclic N) is 1. The normalized spacial score (nSPS) is 17.4. The molecule has 21 heavy (non-hydrogen) atoms. The van der Waals surface area contributed by atoms with Crippen molar-refractivity contribution in [1.82, 2.24) is 14.9 Å². The van der Waals surface area contributed by atoms with Gasteiger partial charge in [0.15, 0.2) is 0 Å². The van der Waals surface area contributed by atoms with Gasteiger partial charge in [0.05, 0.1) is 0 Å². The molecule has 3 N–H and O–H groups in total. The van der Waals surface area contributed by atoms with E-state index in [9.17, 15) is 14.7 Å². The maximum Gasteiger partial charge on any atom is 0.325 e. The van der Waals surface area contributed by atoms with Gasteiger partial charge in [-0.3, -0.25) is 14.7 Å². The predicted molar refractivity (Wildman–Crippen MR) is 81.0 cm³/mol. The van der Waals surface area contributed by atoms with Gasteiger partial charge in [-0.2, -0.15) is 0 Å². The fourth-order valence-electron chi connectivity index (χ4n) is 2.61. The van der Waals surface area contributed by atoms with Crippen LogP contribution >= 0.6 is 15.9 Å². The molecule has 0 radical (unpaired) electrons. The Morgan fingerprint density at radius 1 is 1.24 bits per heavy atom. The number of likely N-dealkylation sites (tertiary alicyclic amines) is 1. The van der Waals surface area contributed by atoms with Gasteiger partial charge in [-0.25, -0.2) is 4.79 Å². The molecule has 0 bridgehead atoms. The highest BCUT2D eigenvalue weighted by atomic mass is 79.9. The lowest BCUT2D eigenvalue weighted by Gasteiger charge is -2.46. The van der Waals surface area contributed by atoms with Crippen molar-refractivity contribution in [3.8, 4) is 0 Å². The Morgan fingerprint density at radius 3 is 2.67 bits per heavy atom. The standard InChI is InChI=1S/C14H14BrN3O3/c15-10-3-1-2-9(4-10)14(21)7-18(8-14)6-11-5-12(19)17-13(20)16-11/h1-5,21H,6-8H2,(H2,16,17,19,20). The summed E-state index contributed by atoms with van der Waals surface area (Å²) in [5, 5.41) is 10.6. The van der Waals surface area contributed by atoms with Crippen molar-refractivity contribution in [3.05, 3.63) is 66.9 Å². The summed E-state index contributed by atoms with van der Waals surface area (Å²) in [5.74, 6) is 0. The van der Waals surface area contributed by atoms with Crippen LogP contribution in [0.2, 0.25) is 0 Å². The molecule has 0 unspecified atom stereocenters. The lowest BCUT2D eigenvalue weighted by Crippen LogP contribution is -2.58. The molecule has 110 valence electrons. The first-order valence-corrected chi connectivity index (χ1v) is 7.27. The van der Waals surface area contributed by atoms with Crippen LogP contribution in [0, 0.1) is 0 Å². The van der Waals surface area contributed by atoms with Crippen LogP contribution in [0.5, 0.6) is 0 Å². The van der Waals surface area contributed by atoms with Crippen LogP contribution in [0.1, 0.15) is 11.3 Å². The van der Waals surface area contributed by atoms with Crippen molar-refractivity contribution in [1.29, 1.82) is 0 Å². The van der Waals surface area contributed by atoms with Gasteiger partial charge in [-0.1, -0.05) is 28.1 Å². The van der Waals surface area contributed by atoms with E-state index in [1.807, 2.05) is 29.2 Å². The highest BCUT2D eigenvalue weighted by molar-refractivity contribution is 9.10. The topological polar surface area (TPSA) is 89.2 Å². The van der Waals surface area contributed by atoms with Crippen LogP contribution in [0.3, 0.4) is 0 Å². The molecule has 2 heterocycles. The van der Waals surface area contributed by atoms with Crippen LogP contribution in [0.25, 0.3) is 0 Å². The molecule has 1 aromatic carbocycles. The number of H-pyrrole nitrogens is 2. The Hall–Kier alpha value is -1.70. The second kappa shape index (κ2) is 5.25. The van der Waals surface area contributed by atoms with Crippen LogP contribution < -0.4 is 11.2 Å². The summed E-state index contributed by atoms with van der Waals surface area (Å²) in [7, 11) is 0. The number of nitrogens with one attached hydrogen (secondary N) is 2. The number of hydrogen-bond acceptors (Lipinski definition) is 4. The van der Waals surface area contributed by atoms with Gasteiger partial charge >= 0.3 is 5.69 Å². The zero-order valence-electron chi connectivity index (χ0n) is 11.1. The molecular weight excluding hydrogens is 338 g/mol. The minimum Gasteiger partial charge on any atom is -0.382 e. The number of aliphatic hydroxyl groups is 1. The smallest absolute Gasteiger partial charge is 0.325 e.